The minimum atomic E-state index is 0.316. The van der Waals surface area contributed by atoms with Crippen LogP contribution >= 0.6 is 0 Å². The monoisotopic (exact) mass is 405 g/mol. The third-order valence-corrected chi connectivity index (χ3v) is 6.76. The van der Waals surface area contributed by atoms with Gasteiger partial charge in [0.2, 0.25) is 5.91 Å². The van der Waals surface area contributed by atoms with Crippen LogP contribution in [0.1, 0.15) is 56.3 Å². The number of aryl methyl sites for hydroxylation is 2. The molecule has 1 amide bonds. The molecule has 1 unspecified atom stereocenters. The molecule has 1 aliphatic carbocycles. The van der Waals surface area contributed by atoms with Gasteiger partial charge in [0, 0.05) is 49.1 Å². The average Bonchev–Trinajstić information content (AvgIpc) is 3.14. The Hall–Kier alpha value is -2.63. The number of para-hydroxylation sites is 1. The number of carbonyl (C=O) groups excluding carboxylic acids is 1. The maximum absolute atomic E-state index is 12.9. The number of hydrogen-bond donors (Lipinski definition) is 1. The van der Waals surface area contributed by atoms with E-state index in [1.807, 2.05) is 12.4 Å². The summed E-state index contributed by atoms with van der Waals surface area (Å²) in [6.45, 7) is 1.97. The van der Waals surface area contributed by atoms with Gasteiger partial charge in [-0.1, -0.05) is 18.2 Å². The second-order valence-corrected chi connectivity index (χ2v) is 8.98. The molecule has 0 bridgehead atoms. The van der Waals surface area contributed by atoms with Crippen molar-refractivity contribution in [3.63, 3.8) is 0 Å². The van der Waals surface area contributed by atoms with E-state index < -0.39 is 0 Å². The Kier molecular flexibility index (Phi) is 5.56. The van der Waals surface area contributed by atoms with Gasteiger partial charge in [-0.05, 0) is 62.5 Å². The zero-order valence-electron chi connectivity index (χ0n) is 17.6. The van der Waals surface area contributed by atoms with Gasteiger partial charge in [0.25, 0.3) is 0 Å². The second kappa shape index (κ2) is 8.62. The molecule has 3 aromatic rings. The Labute approximate surface area is 177 Å². The van der Waals surface area contributed by atoms with Gasteiger partial charge in [0.05, 0.1) is 0 Å². The Morgan fingerprint density at radius 2 is 2.07 bits per heavy atom. The van der Waals surface area contributed by atoms with Crippen molar-refractivity contribution in [2.45, 2.75) is 70.4 Å². The zero-order valence-corrected chi connectivity index (χ0v) is 17.6. The highest BCUT2D eigenvalue weighted by atomic mass is 16.2. The Bertz CT molecular complexity index is 1000. The van der Waals surface area contributed by atoms with Gasteiger partial charge in [-0.2, -0.15) is 0 Å². The van der Waals surface area contributed by atoms with Crippen LogP contribution in [-0.4, -0.2) is 43.1 Å². The van der Waals surface area contributed by atoms with Crippen LogP contribution in [0.15, 0.2) is 36.8 Å². The van der Waals surface area contributed by atoms with E-state index in [0.717, 1.165) is 63.4 Å². The number of rotatable bonds is 9. The van der Waals surface area contributed by atoms with Crippen LogP contribution in [-0.2, 0) is 24.2 Å². The van der Waals surface area contributed by atoms with Crippen molar-refractivity contribution in [2.75, 3.05) is 6.54 Å². The van der Waals surface area contributed by atoms with Crippen LogP contribution in [0.4, 0.5) is 0 Å². The molecule has 1 saturated carbocycles. The first kappa shape index (κ1) is 19.3. The van der Waals surface area contributed by atoms with Crippen LogP contribution in [0, 0.1) is 5.92 Å². The first-order chi connectivity index (χ1) is 14.8. The lowest BCUT2D eigenvalue weighted by molar-refractivity contribution is -0.132. The summed E-state index contributed by atoms with van der Waals surface area (Å²) in [6, 6.07) is 8.74. The molecule has 0 radical (unpaired) electrons. The summed E-state index contributed by atoms with van der Waals surface area (Å²) >= 11 is 0. The number of benzene rings is 1. The van der Waals surface area contributed by atoms with Crippen molar-refractivity contribution < 1.29 is 4.79 Å². The highest BCUT2D eigenvalue weighted by molar-refractivity contribution is 5.83. The van der Waals surface area contributed by atoms with Crippen LogP contribution < -0.4 is 0 Å². The smallest absolute Gasteiger partial charge is 0.222 e. The number of aromatic amines is 1. The maximum Gasteiger partial charge on any atom is 0.222 e. The molecule has 6 heteroatoms. The molecule has 2 fully saturated rings. The fourth-order valence-corrected chi connectivity index (χ4v) is 4.88. The summed E-state index contributed by atoms with van der Waals surface area (Å²) in [5.74, 6) is 2.22. The van der Waals surface area contributed by atoms with Crippen molar-refractivity contribution in [3.8, 4) is 0 Å². The van der Waals surface area contributed by atoms with E-state index >= 15 is 0 Å². The zero-order chi connectivity index (χ0) is 20.3. The molecule has 2 aliphatic rings. The molecule has 1 aromatic carbocycles. The average molecular weight is 406 g/mol. The van der Waals surface area contributed by atoms with E-state index in [9.17, 15) is 4.79 Å². The highest BCUT2D eigenvalue weighted by Gasteiger charge is 2.29. The molecule has 158 valence electrons. The predicted molar refractivity (Wildman–Crippen MR) is 117 cm³/mol. The Morgan fingerprint density at radius 3 is 2.97 bits per heavy atom. The number of H-pyrrole nitrogens is 1. The number of nitrogens with one attached hydrogen (secondary N) is 1. The number of fused-ring (bicyclic) bond motifs is 1. The lowest BCUT2D eigenvalue weighted by Gasteiger charge is -2.25. The van der Waals surface area contributed by atoms with Crippen LogP contribution in [0.3, 0.4) is 0 Å². The molecule has 1 atom stereocenters. The van der Waals surface area contributed by atoms with Crippen molar-refractivity contribution in [1.82, 2.24) is 24.6 Å². The molecule has 1 saturated heterocycles. The molecule has 5 rings (SSSR count). The molecule has 1 aliphatic heterocycles. The number of hydrogen-bond acceptors (Lipinski definition) is 3. The summed E-state index contributed by atoms with van der Waals surface area (Å²) in [6.07, 6.45) is 13.3. The van der Waals surface area contributed by atoms with E-state index in [-0.39, 0.29) is 0 Å². The number of likely N-dealkylation sites (tertiary alicyclic amines) is 1. The summed E-state index contributed by atoms with van der Waals surface area (Å²) in [7, 11) is 0. The maximum atomic E-state index is 12.9. The van der Waals surface area contributed by atoms with Crippen molar-refractivity contribution in [2.24, 2.45) is 5.92 Å². The molecule has 30 heavy (non-hydrogen) atoms. The van der Waals surface area contributed by atoms with Crippen LogP contribution in [0.5, 0.6) is 0 Å². The first-order valence-corrected chi connectivity index (χ1v) is 11.5. The Morgan fingerprint density at radius 1 is 1.17 bits per heavy atom. The van der Waals surface area contributed by atoms with Crippen molar-refractivity contribution >= 4 is 16.8 Å². The van der Waals surface area contributed by atoms with Gasteiger partial charge in [0.15, 0.2) is 0 Å². The number of amides is 1. The van der Waals surface area contributed by atoms with E-state index in [1.165, 1.54) is 29.3 Å². The molecule has 0 spiro atoms. The van der Waals surface area contributed by atoms with Crippen LogP contribution in [0.2, 0.25) is 0 Å². The third kappa shape index (κ3) is 4.27. The normalized spacial score (nSPS) is 19.1. The fourth-order valence-electron chi connectivity index (χ4n) is 4.88. The van der Waals surface area contributed by atoms with Gasteiger partial charge in [-0.25, -0.2) is 0 Å². The van der Waals surface area contributed by atoms with Gasteiger partial charge in [-0.15, -0.1) is 10.2 Å². The van der Waals surface area contributed by atoms with E-state index in [0.29, 0.717) is 18.4 Å². The van der Waals surface area contributed by atoms with Gasteiger partial charge in [-0.3, -0.25) is 4.79 Å². The SMILES string of the molecule is O=C(CCCc1c[nH]c2ccccc12)N1CCCC1CCc1nncn1CC1CC1. The molecule has 2 aromatic heterocycles. The lowest BCUT2D eigenvalue weighted by Crippen LogP contribution is -2.35. The second-order valence-electron chi connectivity index (χ2n) is 8.98. The number of carbonyl (C=O) groups is 1. The molecular formula is C24H31N5O. The van der Waals surface area contributed by atoms with Gasteiger partial charge >= 0.3 is 0 Å². The van der Waals surface area contributed by atoms with Crippen LogP contribution in [0.25, 0.3) is 10.9 Å². The lowest BCUT2D eigenvalue weighted by atomic mass is 10.1. The molecule has 1 N–H and O–H groups in total. The predicted octanol–water partition coefficient (Wildman–Crippen LogP) is 4.12. The van der Waals surface area contributed by atoms with Gasteiger partial charge in [0.1, 0.15) is 12.2 Å². The first-order valence-electron chi connectivity index (χ1n) is 11.5. The topological polar surface area (TPSA) is 66.8 Å². The summed E-state index contributed by atoms with van der Waals surface area (Å²) in [5.41, 5.74) is 2.49. The van der Waals surface area contributed by atoms with Crippen molar-refractivity contribution in [3.05, 3.63) is 48.2 Å². The standard InChI is InChI=1S/C24H31N5O/c30-24(9-3-5-19-15-25-22-8-2-1-7-21(19)22)29-14-4-6-20(29)12-13-23-27-26-17-28(23)16-18-10-11-18/h1-2,7-8,15,17-18,20,25H,3-6,9-14,16H2. The van der Waals surface area contributed by atoms with E-state index in [4.69, 9.17) is 0 Å². The largest absolute Gasteiger partial charge is 0.361 e. The molecular weight excluding hydrogens is 374 g/mol. The van der Waals surface area contributed by atoms with E-state index in [1.54, 1.807) is 0 Å². The third-order valence-electron chi connectivity index (χ3n) is 6.76. The molecule has 3 heterocycles. The summed E-state index contributed by atoms with van der Waals surface area (Å²) in [5, 5.41) is 9.73. The number of nitrogens with zero attached hydrogens (tertiary/aromatic N) is 4. The van der Waals surface area contributed by atoms with Crippen molar-refractivity contribution in [1.29, 1.82) is 0 Å². The quantitative estimate of drug-likeness (QED) is 0.582. The minimum absolute atomic E-state index is 0.316. The Balaban J connectivity index is 1.12. The minimum Gasteiger partial charge on any atom is -0.361 e. The van der Waals surface area contributed by atoms with E-state index in [2.05, 4.69) is 49.0 Å². The van der Waals surface area contributed by atoms with Gasteiger partial charge < -0.3 is 14.5 Å². The fraction of sp³-hybridized carbons (Fsp3) is 0.542. The summed E-state index contributed by atoms with van der Waals surface area (Å²) < 4.78 is 2.22. The summed E-state index contributed by atoms with van der Waals surface area (Å²) in [4.78, 5) is 18.4. The highest BCUT2D eigenvalue weighted by Crippen LogP contribution is 2.31. The number of aromatic nitrogens is 4. The molecule has 6 nitrogen and oxygen atoms in total.